The SMILES string of the molecule is O=C(CN1CCc2cc(-n3ccc(C(F)(F)F)n3)ccc2C1)N1CCN(C2CCC2)CC1. The molecule has 0 bridgehead atoms. The highest BCUT2D eigenvalue weighted by Crippen LogP contribution is 2.29. The summed E-state index contributed by atoms with van der Waals surface area (Å²) in [6.07, 6.45) is 1.58. The van der Waals surface area contributed by atoms with Gasteiger partial charge in [-0.2, -0.15) is 18.3 Å². The number of alkyl halides is 3. The molecule has 2 fully saturated rings. The molecule has 1 amide bonds. The normalized spacial score (nSPS) is 20.8. The van der Waals surface area contributed by atoms with Crippen LogP contribution < -0.4 is 0 Å². The van der Waals surface area contributed by atoms with Gasteiger partial charge >= 0.3 is 6.18 Å². The van der Waals surface area contributed by atoms with Crippen LogP contribution in [0.1, 0.15) is 36.1 Å². The molecule has 0 atom stereocenters. The van der Waals surface area contributed by atoms with Crippen LogP contribution in [0, 0.1) is 0 Å². The number of fused-ring (bicyclic) bond motifs is 1. The molecular weight excluding hydrogens is 419 g/mol. The van der Waals surface area contributed by atoms with Gasteiger partial charge in [-0.15, -0.1) is 0 Å². The standard InChI is InChI=1S/C23H28F3N5O/c24-23(25,26)21-7-9-31(27-21)20-5-4-18-15-28(8-6-17(18)14-20)16-22(32)30-12-10-29(11-13-30)19-2-1-3-19/h4-5,7,9,14,19H,1-3,6,8,10-13,15-16H2. The van der Waals surface area contributed by atoms with E-state index in [0.29, 0.717) is 18.8 Å². The van der Waals surface area contributed by atoms with Gasteiger partial charge in [0.1, 0.15) is 0 Å². The Kier molecular flexibility index (Phi) is 5.71. The summed E-state index contributed by atoms with van der Waals surface area (Å²) in [5.74, 6) is 0.189. The predicted molar refractivity (Wildman–Crippen MR) is 113 cm³/mol. The molecule has 1 aromatic carbocycles. The molecule has 3 heterocycles. The average molecular weight is 448 g/mol. The Balaban J connectivity index is 1.17. The van der Waals surface area contributed by atoms with Crippen LogP contribution in [0.25, 0.3) is 5.69 Å². The Morgan fingerprint density at radius 3 is 2.47 bits per heavy atom. The molecule has 3 aliphatic rings. The molecule has 32 heavy (non-hydrogen) atoms. The summed E-state index contributed by atoms with van der Waals surface area (Å²) >= 11 is 0. The van der Waals surface area contributed by atoms with Gasteiger partial charge in [0.05, 0.1) is 12.2 Å². The van der Waals surface area contributed by atoms with Gasteiger partial charge in [0.15, 0.2) is 5.69 Å². The summed E-state index contributed by atoms with van der Waals surface area (Å²) in [5.41, 5.74) is 1.94. The van der Waals surface area contributed by atoms with Crippen molar-refractivity contribution in [1.82, 2.24) is 24.5 Å². The maximum absolute atomic E-state index is 12.8. The molecule has 0 spiro atoms. The molecule has 0 N–H and O–H groups in total. The van der Waals surface area contributed by atoms with Crippen LogP contribution in [0.2, 0.25) is 0 Å². The Labute approximate surface area is 185 Å². The second kappa shape index (κ2) is 8.51. The van der Waals surface area contributed by atoms with Gasteiger partial charge in [0.2, 0.25) is 5.91 Å². The lowest BCUT2D eigenvalue weighted by molar-refractivity contribution is -0.141. The second-order valence-corrected chi connectivity index (χ2v) is 9.06. The molecule has 6 nitrogen and oxygen atoms in total. The van der Waals surface area contributed by atoms with E-state index in [1.165, 1.54) is 30.1 Å². The van der Waals surface area contributed by atoms with Crippen LogP contribution in [0.3, 0.4) is 0 Å². The fourth-order valence-electron chi connectivity index (χ4n) is 4.87. The fourth-order valence-corrected chi connectivity index (χ4v) is 4.87. The number of hydrogen-bond acceptors (Lipinski definition) is 4. The van der Waals surface area contributed by atoms with Crippen LogP contribution >= 0.6 is 0 Å². The van der Waals surface area contributed by atoms with Crippen LogP contribution in [-0.2, 0) is 23.9 Å². The van der Waals surface area contributed by atoms with Crippen molar-refractivity contribution in [3.05, 3.63) is 47.3 Å². The minimum atomic E-state index is -4.45. The number of rotatable bonds is 4. The van der Waals surface area contributed by atoms with Crippen molar-refractivity contribution in [3.8, 4) is 5.69 Å². The van der Waals surface area contributed by atoms with Crippen LogP contribution in [0.15, 0.2) is 30.5 Å². The zero-order valence-electron chi connectivity index (χ0n) is 18.0. The maximum atomic E-state index is 12.8. The predicted octanol–water partition coefficient (Wildman–Crippen LogP) is 2.95. The van der Waals surface area contributed by atoms with Gasteiger partial charge in [0.25, 0.3) is 0 Å². The van der Waals surface area contributed by atoms with E-state index in [1.54, 1.807) is 6.07 Å². The van der Waals surface area contributed by atoms with Crippen molar-refractivity contribution >= 4 is 5.91 Å². The molecule has 9 heteroatoms. The molecule has 0 radical (unpaired) electrons. The summed E-state index contributed by atoms with van der Waals surface area (Å²) in [4.78, 5) is 19.5. The van der Waals surface area contributed by atoms with Crippen molar-refractivity contribution in [2.45, 2.75) is 44.4 Å². The summed E-state index contributed by atoms with van der Waals surface area (Å²) in [7, 11) is 0. The summed E-state index contributed by atoms with van der Waals surface area (Å²) < 4.78 is 39.8. The molecule has 5 rings (SSSR count). The Morgan fingerprint density at radius 1 is 1.03 bits per heavy atom. The lowest BCUT2D eigenvalue weighted by Gasteiger charge is -2.43. The first-order valence-corrected chi connectivity index (χ1v) is 11.4. The van der Waals surface area contributed by atoms with Gasteiger partial charge < -0.3 is 4.90 Å². The third-order valence-corrected chi connectivity index (χ3v) is 7.04. The molecular formula is C23H28F3N5O. The van der Waals surface area contributed by atoms with Gasteiger partial charge in [-0.25, -0.2) is 4.68 Å². The van der Waals surface area contributed by atoms with Crippen molar-refractivity contribution < 1.29 is 18.0 Å². The molecule has 1 saturated heterocycles. The van der Waals surface area contributed by atoms with E-state index in [2.05, 4.69) is 14.9 Å². The van der Waals surface area contributed by atoms with Crippen molar-refractivity contribution in [2.75, 3.05) is 39.3 Å². The molecule has 0 unspecified atom stereocenters. The summed E-state index contributed by atoms with van der Waals surface area (Å²) in [5, 5.41) is 3.66. The van der Waals surface area contributed by atoms with E-state index in [4.69, 9.17) is 0 Å². The number of carbonyl (C=O) groups excluding carboxylic acids is 1. The molecule has 2 aliphatic heterocycles. The van der Waals surface area contributed by atoms with E-state index in [9.17, 15) is 18.0 Å². The monoisotopic (exact) mass is 447 g/mol. The van der Waals surface area contributed by atoms with E-state index < -0.39 is 11.9 Å². The van der Waals surface area contributed by atoms with Gasteiger partial charge in [-0.05, 0) is 48.6 Å². The summed E-state index contributed by atoms with van der Waals surface area (Å²) in [6.45, 7) is 5.43. The van der Waals surface area contributed by atoms with Crippen LogP contribution in [0.4, 0.5) is 13.2 Å². The highest BCUT2D eigenvalue weighted by atomic mass is 19.4. The van der Waals surface area contributed by atoms with E-state index >= 15 is 0 Å². The summed E-state index contributed by atoms with van der Waals surface area (Å²) in [6, 6.07) is 7.35. The van der Waals surface area contributed by atoms with Gasteiger partial charge in [-0.1, -0.05) is 12.5 Å². The number of piperazine rings is 1. The Bertz CT molecular complexity index is 976. The first kappa shape index (κ1) is 21.5. The van der Waals surface area contributed by atoms with Crippen molar-refractivity contribution in [1.29, 1.82) is 0 Å². The zero-order valence-corrected chi connectivity index (χ0v) is 18.0. The van der Waals surface area contributed by atoms with Gasteiger partial charge in [-0.3, -0.25) is 14.6 Å². The molecule has 1 aromatic heterocycles. The van der Waals surface area contributed by atoms with Crippen LogP contribution in [-0.4, -0.2) is 75.7 Å². The highest BCUT2D eigenvalue weighted by Gasteiger charge is 2.34. The topological polar surface area (TPSA) is 44.6 Å². The molecule has 172 valence electrons. The quantitative estimate of drug-likeness (QED) is 0.723. The fraction of sp³-hybridized carbons (Fsp3) is 0.565. The largest absolute Gasteiger partial charge is 0.435 e. The third kappa shape index (κ3) is 4.41. The van der Waals surface area contributed by atoms with Crippen molar-refractivity contribution in [3.63, 3.8) is 0 Å². The lowest BCUT2D eigenvalue weighted by atomic mass is 9.91. The number of nitrogens with zero attached hydrogens (tertiary/aromatic N) is 5. The second-order valence-electron chi connectivity index (χ2n) is 9.06. The first-order chi connectivity index (χ1) is 15.4. The van der Waals surface area contributed by atoms with Crippen molar-refractivity contribution in [2.24, 2.45) is 0 Å². The number of carbonyl (C=O) groups is 1. The highest BCUT2D eigenvalue weighted by molar-refractivity contribution is 5.78. The van der Waals surface area contributed by atoms with E-state index in [-0.39, 0.29) is 5.91 Å². The number of benzene rings is 1. The minimum Gasteiger partial charge on any atom is -0.339 e. The number of halogens is 3. The third-order valence-electron chi connectivity index (χ3n) is 7.04. The number of amides is 1. The maximum Gasteiger partial charge on any atom is 0.435 e. The van der Waals surface area contributed by atoms with Gasteiger partial charge in [0, 0.05) is 51.5 Å². The minimum absolute atomic E-state index is 0.189. The van der Waals surface area contributed by atoms with E-state index in [0.717, 1.165) is 62.4 Å². The first-order valence-electron chi connectivity index (χ1n) is 11.4. The zero-order chi connectivity index (χ0) is 22.3. The Hall–Kier alpha value is -2.39. The molecule has 2 aromatic rings. The molecule has 1 saturated carbocycles. The smallest absolute Gasteiger partial charge is 0.339 e. The number of hydrogen-bond donors (Lipinski definition) is 0. The van der Waals surface area contributed by atoms with Crippen LogP contribution in [0.5, 0.6) is 0 Å². The Morgan fingerprint density at radius 2 is 1.81 bits per heavy atom. The van der Waals surface area contributed by atoms with E-state index in [1.807, 2.05) is 17.0 Å². The lowest BCUT2D eigenvalue weighted by Crippen LogP contribution is -2.55. The number of aromatic nitrogens is 2. The average Bonchev–Trinajstić information content (AvgIpc) is 3.23. The molecule has 1 aliphatic carbocycles.